The van der Waals surface area contributed by atoms with Gasteiger partial charge in [0, 0.05) is 0 Å². The molecule has 94 valence electrons. The number of fused-ring (bicyclic) bond motifs is 1. The number of ether oxygens (including phenoxy) is 1. The summed E-state index contributed by atoms with van der Waals surface area (Å²) in [5.41, 5.74) is 1.05. The van der Waals surface area contributed by atoms with Crippen molar-refractivity contribution in [3.05, 3.63) is 35.9 Å². The smallest absolute Gasteiger partial charge is 0.331 e. The Morgan fingerprint density at radius 1 is 1.33 bits per heavy atom. The predicted octanol–water partition coefficient (Wildman–Crippen LogP) is 1.07. The van der Waals surface area contributed by atoms with Gasteiger partial charge in [-0.15, -0.1) is 0 Å². The molecule has 0 bridgehead atoms. The quantitative estimate of drug-likeness (QED) is 0.794. The predicted molar refractivity (Wildman–Crippen MR) is 63.8 cm³/mol. The van der Waals surface area contributed by atoms with Gasteiger partial charge in [0.15, 0.2) is 6.04 Å². The van der Waals surface area contributed by atoms with Crippen LogP contribution in [0, 0.1) is 0 Å². The highest BCUT2D eigenvalue weighted by Gasteiger charge is 2.50. The third-order valence-electron chi connectivity index (χ3n) is 3.61. The minimum Gasteiger partial charge on any atom is -0.462 e. The highest BCUT2D eigenvalue weighted by molar-refractivity contribution is 5.90. The highest BCUT2D eigenvalue weighted by Crippen LogP contribution is 2.30. The van der Waals surface area contributed by atoms with E-state index in [4.69, 9.17) is 4.74 Å². The maximum atomic E-state index is 12.0. The Hall–Kier alpha value is -2.04. The zero-order chi connectivity index (χ0) is 12.7. The van der Waals surface area contributed by atoms with E-state index in [0.29, 0.717) is 0 Å². The lowest BCUT2D eigenvalue weighted by Gasteiger charge is -2.27. The molecular formula is C13H14N2O3. The standard InChI is InChI=1S/C13H14N2O3/c1-8(9-5-3-2-4-6-9)15-10-7-18-12(16)11(10)14-13(15)17/h2-6,8,10-11H,7H2,1H3,(H,14,17)/t8-,10+,11?/m1/s1. The molecule has 2 heterocycles. The van der Waals surface area contributed by atoms with Gasteiger partial charge in [0.05, 0.1) is 12.1 Å². The minimum atomic E-state index is -0.510. The second-order valence-corrected chi connectivity index (χ2v) is 4.62. The topological polar surface area (TPSA) is 58.6 Å². The number of rotatable bonds is 2. The third kappa shape index (κ3) is 1.54. The first-order valence-electron chi connectivity index (χ1n) is 5.99. The number of hydrogen-bond acceptors (Lipinski definition) is 3. The van der Waals surface area contributed by atoms with Crippen LogP contribution in [0.3, 0.4) is 0 Å². The summed E-state index contributed by atoms with van der Waals surface area (Å²) in [6.07, 6.45) is 0. The van der Waals surface area contributed by atoms with Crippen molar-refractivity contribution < 1.29 is 14.3 Å². The first kappa shape index (κ1) is 11.1. The third-order valence-corrected chi connectivity index (χ3v) is 3.61. The molecule has 1 unspecified atom stereocenters. The zero-order valence-electron chi connectivity index (χ0n) is 10.00. The van der Waals surface area contributed by atoms with Crippen LogP contribution >= 0.6 is 0 Å². The van der Waals surface area contributed by atoms with Gasteiger partial charge in [-0.1, -0.05) is 30.3 Å². The molecule has 3 atom stereocenters. The number of carbonyl (C=O) groups is 2. The van der Waals surface area contributed by atoms with Crippen LogP contribution in [0.5, 0.6) is 0 Å². The van der Waals surface area contributed by atoms with Crippen LogP contribution in [0.2, 0.25) is 0 Å². The number of hydrogen-bond donors (Lipinski definition) is 1. The van der Waals surface area contributed by atoms with E-state index in [1.54, 1.807) is 4.90 Å². The van der Waals surface area contributed by atoms with E-state index in [0.717, 1.165) is 5.56 Å². The molecule has 5 heteroatoms. The molecule has 2 fully saturated rings. The lowest BCUT2D eigenvalue weighted by molar-refractivity contribution is -0.139. The highest BCUT2D eigenvalue weighted by atomic mass is 16.5. The number of carbonyl (C=O) groups excluding carboxylic acids is 2. The van der Waals surface area contributed by atoms with Crippen molar-refractivity contribution in [2.24, 2.45) is 0 Å². The summed E-state index contributed by atoms with van der Waals surface area (Å²) in [5, 5.41) is 2.68. The van der Waals surface area contributed by atoms with Crippen molar-refractivity contribution in [1.82, 2.24) is 10.2 Å². The van der Waals surface area contributed by atoms with Crippen molar-refractivity contribution >= 4 is 12.0 Å². The first-order chi connectivity index (χ1) is 8.68. The summed E-state index contributed by atoms with van der Waals surface area (Å²) in [7, 11) is 0. The summed E-state index contributed by atoms with van der Waals surface area (Å²) >= 11 is 0. The molecule has 0 radical (unpaired) electrons. The van der Waals surface area contributed by atoms with E-state index in [2.05, 4.69) is 5.32 Å². The van der Waals surface area contributed by atoms with Crippen LogP contribution in [0.1, 0.15) is 18.5 Å². The summed E-state index contributed by atoms with van der Waals surface area (Å²) in [4.78, 5) is 25.1. The monoisotopic (exact) mass is 246 g/mol. The van der Waals surface area contributed by atoms with Crippen LogP contribution in [-0.2, 0) is 9.53 Å². The molecule has 5 nitrogen and oxygen atoms in total. The second kappa shape index (κ2) is 4.01. The normalized spacial score (nSPS) is 27.7. The minimum absolute atomic E-state index is 0.0734. The fourth-order valence-corrected chi connectivity index (χ4v) is 2.62. The van der Waals surface area contributed by atoms with Crippen molar-refractivity contribution in [2.45, 2.75) is 25.0 Å². The lowest BCUT2D eigenvalue weighted by atomic mass is 10.0. The Morgan fingerprint density at radius 3 is 2.78 bits per heavy atom. The number of esters is 1. The maximum absolute atomic E-state index is 12.0. The largest absolute Gasteiger partial charge is 0.462 e. The average Bonchev–Trinajstić information content (AvgIpc) is 2.89. The maximum Gasteiger partial charge on any atom is 0.331 e. The summed E-state index contributed by atoms with van der Waals surface area (Å²) in [6, 6.07) is 8.79. The molecule has 2 amide bonds. The number of nitrogens with one attached hydrogen (secondary N) is 1. The fourth-order valence-electron chi connectivity index (χ4n) is 2.62. The number of amides is 2. The molecule has 1 aromatic carbocycles. The molecule has 0 aliphatic carbocycles. The fraction of sp³-hybridized carbons (Fsp3) is 0.385. The molecule has 0 spiro atoms. The van der Waals surface area contributed by atoms with Gasteiger partial charge >= 0.3 is 12.0 Å². The van der Waals surface area contributed by atoms with Gasteiger partial charge in [-0.2, -0.15) is 0 Å². The Kier molecular flexibility index (Phi) is 2.47. The van der Waals surface area contributed by atoms with Gasteiger partial charge in [0.25, 0.3) is 0 Å². The molecule has 0 aromatic heterocycles. The van der Waals surface area contributed by atoms with Gasteiger partial charge in [-0.25, -0.2) is 9.59 Å². The number of benzene rings is 1. The molecule has 1 aromatic rings. The lowest BCUT2D eigenvalue weighted by Crippen LogP contribution is -2.38. The van der Waals surface area contributed by atoms with Gasteiger partial charge in [0.1, 0.15) is 6.61 Å². The Morgan fingerprint density at radius 2 is 2.06 bits per heavy atom. The van der Waals surface area contributed by atoms with Crippen LogP contribution < -0.4 is 5.32 Å². The van der Waals surface area contributed by atoms with Crippen LogP contribution in [0.4, 0.5) is 4.79 Å². The SMILES string of the molecule is C[C@H](c1ccccc1)N1C(=O)NC2C(=O)OC[C@@H]21. The Balaban J connectivity index is 1.88. The first-order valence-corrected chi connectivity index (χ1v) is 5.99. The molecule has 1 N–H and O–H groups in total. The molecule has 3 rings (SSSR count). The zero-order valence-corrected chi connectivity index (χ0v) is 10.00. The van der Waals surface area contributed by atoms with E-state index in [1.807, 2.05) is 37.3 Å². The Labute approximate surface area is 105 Å². The number of nitrogens with zero attached hydrogens (tertiary/aromatic N) is 1. The summed E-state index contributed by atoms with van der Waals surface area (Å²) < 4.78 is 4.99. The van der Waals surface area contributed by atoms with Gasteiger partial charge in [-0.3, -0.25) is 0 Å². The van der Waals surface area contributed by atoms with Crippen LogP contribution in [0.15, 0.2) is 30.3 Å². The molecule has 2 saturated heterocycles. The summed E-state index contributed by atoms with van der Waals surface area (Å²) in [6.45, 7) is 2.24. The summed E-state index contributed by atoms with van der Waals surface area (Å²) in [5.74, 6) is -0.337. The van der Waals surface area contributed by atoms with Crippen molar-refractivity contribution in [3.63, 3.8) is 0 Å². The van der Waals surface area contributed by atoms with Crippen LogP contribution in [-0.4, -0.2) is 35.6 Å². The van der Waals surface area contributed by atoms with Gasteiger partial charge in [-0.05, 0) is 12.5 Å². The van der Waals surface area contributed by atoms with Crippen molar-refractivity contribution in [2.75, 3.05) is 6.61 Å². The molecule has 2 aliphatic heterocycles. The molecular weight excluding hydrogens is 232 g/mol. The molecule has 2 aliphatic rings. The molecule has 18 heavy (non-hydrogen) atoms. The average molecular weight is 246 g/mol. The second-order valence-electron chi connectivity index (χ2n) is 4.62. The van der Waals surface area contributed by atoms with E-state index in [-0.39, 0.29) is 30.7 Å². The van der Waals surface area contributed by atoms with E-state index in [9.17, 15) is 9.59 Å². The van der Waals surface area contributed by atoms with E-state index < -0.39 is 6.04 Å². The van der Waals surface area contributed by atoms with E-state index >= 15 is 0 Å². The Bertz CT molecular complexity index is 488. The van der Waals surface area contributed by atoms with Gasteiger partial charge in [0.2, 0.25) is 0 Å². The van der Waals surface area contributed by atoms with Crippen LogP contribution in [0.25, 0.3) is 0 Å². The number of cyclic esters (lactones) is 1. The van der Waals surface area contributed by atoms with Crippen molar-refractivity contribution in [3.8, 4) is 0 Å². The molecule has 0 saturated carbocycles. The van der Waals surface area contributed by atoms with Gasteiger partial charge < -0.3 is 15.0 Å². The number of urea groups is 1. The van der Waals surface area contributed by atoms with E-state index in [1.165, 1.54) is 0 Å². The van der Waals surface area contributed by atoms with Crippen molar-refractivity contribution in [1.29, 1.82) is 0 Å².